The Kier molecular flexibility index (Phi) is 5.10. The SMILES string of the molecule is COC1CCN(C(=O)c2ncccc2C#CCCO)C1. The maximum Gasteiger partial charge on any atom is 0.273 e. The number of pyridine rings is 1. The Balaban J connectivity index is 2.16. The van der Waals surface area contributed by atoms with E-state index < -0.39 is 0 Å². The zero-order valence-electron chi connectivity index (χ0n) is 11.5. The number of aromatic nitrogens is 1. The summed E-state index contributed by atoms with van der Waals surface area (Å²) in [6.07, 6.45) is 2.93. The van der Waals surface area contributed by atoms with Gasteiger partial charge in [-0.1, -0.05) is 11.8 Å². The van der Waals surface area contributed by atoms with E-state index >= 15 is 0 Å². The van der Waals surface area contributed by atoms with E-state index in [9.17, 15) is 4.79 Å². The van der Waals surface area contributed by atoms with Crippen molar-refractivity contribution in [3.8, 4) is 11.8 Å². The van der Waals surface area contributed by atoms with Gasteiger partial charge in [0.2, 0.25) is 0 Å². The number of carbonyl (C=O) groups excluding carboxylic acids is 1. The van der Waals surface area contributed by atoms with Gasteiger partial charge in [-0.2, -0.15) is 0 Å². The molecule has 1 unspecified atom stereocenters. The van der Waals surface area contributed by atoms with Crippen molar-refractivity contribution in [2.75, 3.05) is 26.8 Å². The number of carbonyl (C=O) groups is 1. The lowest BCUT2D eigenvalue weighted by Crippen LogP contribution is -2.31. The van der Waals surface area contributed by atoms with Crippen LogP contribution in [-0.2, 0) is 4.74 Å². The average Bonchev–Trinajstić information content (AvgIpc) is 2.96. The first-order valence-corrected chi connectivity index (χ1v) is 6.63. The second kappa shape index (κ2) is 7.04. The van der Waals surface area contributed by atoms with Crippen molar-refractivity contribution in [3.63, 3.8) is 0 Å². The van der Waals surface area contributed by atoms with E-state index in [0.717, 1.165) is 6.42 Å². The fourth-order valence-electron chi connectivity index (χ4n) is 2.15. The molecule has 5 heteroatoms. The molecule has 0 spiro atoms. The van der Waals surface area contributed by atoms with Crippen LogP contribution in [0.3, 0.4) is 0 Å². The minimum Gasteiger partial charge on any atom is -0.395 e. The van der Waals surface area contributed by atoms with Crippen LogP contribution in [0.25, 0.3) is 0 Å². The molecule has 5 nitrogen and oxygen atoms in total. The Bertz CT molecular complexity index is 533. The maximum absolute atomic E-state index is 12.5. The van der Waals surface area contributed by atoms with Gasteiger partial charge in [0.05, 0.1) is 18.3 Å². The quantitative estimate of drug-likeness (QED) is 0.823. The minimum atomic E-state index is -0.113. The molecule has 1 atom stereocenters. The van der Waals surface area contributed by atoms with Crippen LogP contribution in [0.15, 0.2) is 18.3 Å². The molecule has 0 aromatic carbocycles. The first-order valence-electron chi connectivity index (χ1n) is 6.63. The number of hydrogen-bond donors (Lipinski definition) is 1. The summed E-state index contributed by atoms with van der Waals surface area (Å²) in [4.78, 5) is 18.4. The lowest BCUT2D eigenvalue weighted by atomic mass is 10.1. The highest BCUT2D eigenvalue weighted by atomic mass is 16.5. The van der Waals surface area contributed by atoms with Gasteiger partial charge in [-0.15, -0.1) is 0 Å². The van der Waals surface area contributed by atoms with Gasteiger partial charge in [0.25, 0.3) is 5.91 Å². The van der Waals surface area contributed by atoms with E-state index in [1.54, 1.807) is 30.3 Å². The van der Waals surface area contributed by atoms with Gasteiger partial charge in [0, 0.05) is 32.8 Å². The van der Waals surface area contributed by atoms with E-state index in [4.69, 9.17) is 9.84 Å². The third-order valence-electron chi connectivity index (χ3n) is 3.24. The first-order chi connectivity index (χ1) is 9.76. The third kappa shape index (κ3) is 3.35. The predicted molar refractivity (Wildman–Crippen MR) is 74.1 cm³/mol. The Labute approximate surface area is 118 Å². The second-order valence-electron chi connectivity index (χ2n) is 4.57. The molecule has 0 radical (unpaired) electrons. The van der Waals surface area contributed by atoms with Crippen LogP contribution >= 0.6 is 0 Å². The predicted octanol–water partition coefficient (Wildman–Crippen LogP) is 0.676. The molecule has 0 aliphatic carbocycles. The van der Waals surface area contributed by atoms with E-state index in [-0.39, 0.29) is 18.6 Å². The van der Waals surface area contributed by atoms with Crippen molar-refractivity contribution >= 4 is 5.91 Å². The molecule has 1 aromatic rings. The summed E-state index contributed by atoms with van der Waals surface area (Å²) in [5.41, 5.74) is 0.974. The van der Waals surface area contributed by atoms with Crippen molar-refractivity contribution in [2.45, 2.75) is 18.9 Å². The monoisotopic (exact) mass is 274 g/mol. The molecule has 20 heavy (non-hydrogen) atoms. The number of aliphatic hydroxyl groups is 1. The summed E-state index contributed by atoms with van der Waals surface area (Å²) in [5, 5.41) is 8.74. The standard InChI is InChI=1S/C15H18N2O3/c1-20-13-7-9-17(11-13)15(19)14-12(5-2-3-10-18)6-4-8-16-14/h4,6,8,13,18H,3,7,9-11H2,1H3. The highest BCUT2D eigenvalue weighted by Gasteiger charge is 2.28. The van der Waals surface area contributed by atoms with Crippen molar-refractivity contribution < 1.29 is 14.6 Å². The van der Waals surface area contributed by atoms with E-state index in [0.29, 0.717) is 30.8 Å². The summed E-state index contributed by atoms with van der Waals surface area (Å²) in [6.45, 7) is 1.28. The average molecular weight is 274 g/mol. The molecule has 1 N–H and O–H groups in total. The Morgan fingerprint density at radius 2 is 2.50 bits per heavy atom. The van der Waals surface area contributed by atoms with Crippen LogP contribution in [0.1, 0.15) is 28.9 Å². The molecule has 1 saturated heterocycles. The molecule has 1 fully saturated rings. The number of hydrogen-bond acceptors (Lipinski definition) is 4. The Hall–Kier alpha value is -1.90. The molecule has 1 amide bonds. The number of ether oxygens (including phenoxy) is 1. The van der Waals surface area contributed by atoms with Crippen LogP contribution in [0, 0.1) is 11.8 Å². The molecule has 2 rings (SSSR count). The zero-order chi connectivity index (χ0) is 14.4. The number of aliphatic hydroxyl groups excluding tert-OH is 1. The number of likely N-dealkylation sites (tertiary alicyclic amines) is 1. The molecule has 1 aromatic heterocycles. The summed E-state index contributed by atoms with van der Waals surface area (Å²) >= 11 is 0. The molecule has 0 bridgehead atoms. The number of methoxy groups -OCH3 is 1. The van der Waals surface area contributed by atoms with E-state index in [1.165, 1.54) is 0 Å². The molecule has 0 saturated carbocycles. The van der Waals surface area contributed by atoms with Crippen LogP contribution in [-0.4, -0.2) is 53.8 Å². The first kappa shape index (κ1) is 14.5. The van der Waals surface area contributed by atoms with Crippen LogP contribution in [0.5, 0.6) is 0 Å². The van der Waals surface area contributed by atoms with Crippen molar-refractivity contribution in [2.24, 2.45) is 0 Å². The lowest BCUT2D eigenvalue weighted by Gasteiger charge is -2.16. The molecular formula is C15H18N2O3. The highest BCUT2D eigenvalue weighted by Crippen LogP contribution is 2.16. The van der Waals surface area contributed by atoms with Gasteiger partial charge in [-0.3, -0.25) is 4.79 Å². The topological polar surface area (TPSA) is 62.7 Å². The summed E-state index contributed by atoms with van der Waals surface area (Å²) in [5.74, 6) is 5.60. The van der Waals surface area contributed by atoms with Crippen molar-refractivity contribution in [1.82, 2.24) is 9.88 Å². The molecule has 106 valence electrons. The molecule has 2 heterocycles. The fourth-order valence-corrected chi connectivity index (χ4v) is 2.15. The van der Waals surface area contributed by atoms with Gasteiger partial charge < -0.3 is 14.7 Å². The molecular weight excluding hydrogens is 256 g/mol. The van der Waals surface area contributed by atoms with Crippen molar-refractivity contribution in [3.05, 3.63) is 29.6 Å². The molecule has 1 aliphatic heterocycles. The fraction of sp³-hybridized carbons (Fsp3) is 0.467. The van der Waals surface area contributed by atoms with E-state index in [2.05, 4.69) is 16.8 Å². The number of amides is 1. The van der Waals surface area contributed by atoms with Gasteiger partial charge in [0.1, 0.15) is 5.69 Å². The number of rotatable bonds is 3. The van der Waals surface area contributed by atoms with E-state index in [1.807, 2.05) is 0 Å². The third-order valence-corrected chi connectivity index (χ3v) is 3.24. The minimum absolute atomic E-state index is 0.0121. The second-order valence-corrected chi connectivity index (χ2v) is 4.57. The van der Waals surface area contributed by atoms with Gasteiger partial charge in [-0.05, 0) is 18.6 Å². The lowest BCUT2D eigenvalue weighted by molar-refractivity contribution is 0.0718. The Morgan fingerprint density at radius 1 is 1.65 bits per heavy atom. The zero-order valence-corrected chi connectivity index (χ0v) is 11.5. The summed E-state index contributed by atoms with van der Waals surface area (Å²) in [7, 11) is 1.66. The smallest absolute Gasteiger partial charge is 0.273 e. The number of nitrogens with zero attached hydrogens (tertiary/aromatic N) is 2. The summed E-state index contributed by atoms with van der Waals surface area (Å²) < 4.78 is 5.27. The largest absolute Gasteiger partial charge is 0.395 e. The van der Waals surface area contributed by atoms with Crippen LogP contribution < -0.4 is 0 Å². The maximum atomic E-state index is 12.5. The van der Waals surface area contributed by atoms with Crippen LogP contribution in [0.4, 0.5) is 0 Å². The molecule has 1 aliphatic rings. The Morgan fingerprint density at radius 3 is 3.20 bits per heavy atom. The van der Waals surface area contributed by atoms with Crippen molar-refractivity contribution in [1.29, 1.82) is 0 Å². The van der Waals surface area contributed by atoms with Gasteiger partial charge in [-0.25, -0.2) is 4.98 Å². The summed E-state index contributed by atoms with van der Waals surface area (Å²) in [6, 6.07) is 3.52. The normalized spacial score (nSPS) is 17.7. The highest BCUT2D eigenvalue weighted by molar-refractivity contribution is 5.95. The van der Waals surface area contributed by atoms with Crippen LogP contribution in [0.2, 0.25) is 0 Å². The van der Waals surface area contributed by atoms with Gasteiger partial charge >= 0.3 is 0 Å². The van der Waals surface area contributed by atoms with Gasteiger partial charge in [0.15, 0.2) is 0 Å².